The maximum absolute atomic E-state index is 11.7. The molecule has 2 rings (SSSR count). The number of carboxylic acid groups (broad SMARTS) is 1. The second-order valence-electron chi connectivity index (χ2n) is 4.90. The smallest absolute Gasteiger partial charge is 0.355 e. The summed E-state index contributed by atoms with van der Waals surface area (Å²) in [5, 5.41) is 13.6. The number of rotatable bonds is 6. The topological polar surface area (TPSA) is 79.3 Å². The monoisotopic (exact) mass is 282 g/mol. The van der Waals surface area contributed by atoms with E-state index in [0.29, 0.717) is 23.9 Å². The van der Waals surface area contributed by atoms with Gasteiger partial charge < -0.3 is 10.4 Å². The summed E-state index contributed by atoms with van der Waals surface area (Å²) in [6.45, 7) is 0.321. The quantitative estimate of drug-likeness (QED) is 0.840. The summed E-state index contributed by atoms with van der Waals surface area (Å²) in [7, 11) is 0. The summed E-state index contributed by atoms with van der Waals surface area (Å²) in [6.07, 6.45) is 6.61. The van der Waals surface area contributed by atoms with Crippen LogP contribution in [0.15, 0.2) is 5.38 Å². The third-order valence-electron chi connectivity index (χ3n) is 3.46. The summed E-state index contributed by atoms with van der Waals surface area (Å²) < 4.78 is 0. The molecule has 1 aromatic rings. The predicted molar refractivity (Wildman–Crippen MR) is 72.1 cm³/mol. The van der Waals surface area contributed by atoms with Crippen LogP contribution in [0.5, 0.6) is 0 Å². The number of aromatic carboxylic acids is 1. The second kappa shape index (κ2) is 6.65. The number of aromatic nitrogens is 1. The lowest BCUT2D eigenvalue weighted by molar-refractivity contribution is -0.121. The van der Waals surface area contributed by atoms with Crippen LogP contribution in [-0.4, -0.2) is 22.0 Å². The van der Waals surface area contributed by atoms with Crippen LogP contribution in [0.1, 0.15) is 54.0 Å². The lowest BCUT2D eigenvalue weighted by Crippen LogP contribution is -2.23. The molecule has 1 aliphatic rings. The van der Waals surface area contributed by atoms with Crippen molar-refractivity contribution >= 4 is 23.2 Å². The molecule has 0 atom stereocenters. The van der Waals surface area contributed by atoms with Gasteiger partial charge in [-0.3, -0.25) is 4.79 Å². The molecule has 2 N–H and O–H groups in total. The summed E-state index contributed by atoms with van der Waals surface area (Å²) in [5.41, 5.74) is 0.0419. The van der Waals surface area contributed by atoms with Crippen molar-refractivity contribution in [1.29, 1.82) is 0 Å². The minimum absolute atomic E-state index is 0.0268. The molecule has 6 heteroatoms. The second-order valence-corrected chi connectivity index (χ2v) is 5.84. The van der Waals surface area contributed by atoms with Gasteiger partial charge in [-0.15, -0.1) is 11.3 Å². The van der Waals surface area contributed by atoms with Gasteiger partial charge in [-0.05, 0) is 12.3 Å². The summed E-state index contributed by atoms with van der Waals surface area (Å²) in [6, 6.07) is 0. The molecule has 5 nitrogen and oxygen atoms in total. The van der Waals surface area contributed by atoms with Crippen LogP contribution in [0.3, 0.4) is 0 Å². The van der Waals surface area contributed by atoms with E-state index in [4.69, 9.17) is 5.11 Å². The van der Waals surface area contributed by atoms with Gasteiger partial charge in [0.1, 0.15) is 5.01 Å². The van der Waals surface area contributed by atoms with Crippen molar-refractivity contribution in [1.82, 2.24) is 10.3 Å². The Morgan fingerprint density at radius 2 is 2.16 bits per heavy atom. The van der Waals surface area contributed by atoms with Crippen molar-refractivity contribution in [2.45, 2.75) is 45.1 Å². The standard InChI is InChI=1S/C13H18N2O3S/c16-11(6-5-9-3-1-2-4-9)14-7-12-15-10(8-19-12)13(17)18/h8-9H,1-7H2,(H,14,16)(H,17,18). The minimum atomic E-state index is -1.03. The van der Waals surface area contributed by atoms with E-state index in [9.17, 15) is 9.59 Å². The van der Waals surface area contributed by atoms with Crippen molar-refractivity contribution in [3.8, 4) is 0 Å². The van der Waals surface area contributed by atoms with Crippen LogP contribution in [0.25, 0.3) is 0 Å². The van der Waals surface area contributed by atoms with E-state index in [1.54, 1.807) is 0 Å². The number of carboxylic acids is 1. The Balaban J connectivity index is 1.68. The van der Waals surface area contributed by atoms with Gasteiger partial charge in [0, 0.05) is 11.8 Å². The van der Waals surface area contributed by atoms with Crippen molar-refractivity contribution < 1.29 is 14.7 Å². The number of carbonyl (C=O) groups excluding carboxylic acids is 1. The zero-order valence-corrected chi connectivity index (χ0v) is 11.5. The molecule has 0 aromatic carbocycles. The first-order valence-corrected chi connectivity index (χ1v) is 7.47. The molecule has 0 saturated heterocycles. The van der Waals surface area contributed by atoms with Gasteiger partial charge in [-0.1, -0.05) is 25.7 Å². The number of carbonyl (C=O) groups is 2. The lowest BCUT2D eigenvalue weighted by atomic mass is 10.0. The van der Waals surface area contributed by atoms with Gasteiger partial charge in [0.15, 0.2) is 5.69 Å². The number of hydrogen-bond donors (Lipinski definition) is 2. The summed E-state index contributed by atoms with van der Waals surface area (Å²) >= 11 is 1.26. The fourth-order valence-electron chi connectivity index (χ4n) is 2.39. The van der Waals surface area contributed by atoms with Gasteiger partial charge in [-0.2, -0.15) is 0 Å². The Morgan fingerprint density at radius 1 is 1.42 bits per heavy atom. The van der Waals surface area contributed by atoms with Crippen LogP contribution in [0.2, 0.25) is 0 Å². The van der Waals surface area contributed by atoms with E-state index in [0.717, 1.165) is 6.42 Å². The molecular weight excluding hydrogens is 264 g/mol. The highest BCUT2D eigenvalue weighted by Crippen LogP contribution is 2.28. The van der Waals surface area contributed by atoms with Gasteiger partial charge in [0.25, 0.3) is 0 Å². The summed E-state index contributed by atoms with van der Waals surface area (Å²) in [5.74, 6) is -0.293. The van der Waals surface area contributed by atoms with Gasteiger partial charge in [-0.25, -0.2) is 9.78 Å². The Bertz CT molecular complexity index is 452. The van der Waals surface area contributed by atoms with Crippen LogP contribution >= 0.6 is 11.3 Å². The van der Waals surface area contributed by atoms with Crippen LogP contribution < -0.4 is 5.32 Å². The van der Waals surface area contributed by atoms with Gasteiger partial charge >= 0.3 is 5.97 Å². The van der Waals surface area contributed by atoms with Crippen LogP contribution in [-0.2, 0) is 11.3 Å². The molecule has 1 fully saturated rings. The molecule has 1 aliphatic carbocycles. The Kier molecular flexibility index (Phi) is 4.90. The molecule has 19 heavy (non-hydrogen) atoms. The van der Waals surface area contributed by atoms with Crippen LogP contribution in [0, 0.1) is 5.92 Å². The highest BCUT2D eigenvalue weighted by molar-refractivity contribution is 7.09. The number of hydrogen-bond acceptors (Lipinski definition) is 4. The molecule has 1 amide bonds. The number of amides is 1. The average molecular weight is 282 g/mol. The molecule has 0 aliphatic heterocycles. The Hall–Kier alpha value is -1.43. The number of nitrogens with zero attached hydrogens (tertiary/aromatic N) is 1. The van der Waals surface area contributed by atoms with E-state index in [1.807, 2.05) is 0 Å². The maximum atomic E-state index is 11.7. The van der Waals surface area contributed by atoms with Crippen molar-refractivity contribution in [3.05, 3.63) is 16.1 Å². The van der Waals surface area contributed by atoms with Crippen molar-refractivity contribution in [2.24, 2.45) is 5.92 Å². The first-order chi connectivity index (χ1) is 9.15. The highest BCUT2D eigenvalue weighted by atomic mass is 32.1. The van der Waals surface area contributed by atoms with E-state index in [1.165, 1.54) is 42.4 Å². The van der Waals surface area contributed by atoms with Gasteiger partial charge in [0.05, 0.1) is 6.54 Å². The van der Waals surface area contributed by atoms with Crippen molar-refractivity contribution in [2.75, 3.05) is 0 Å². The molecule has 1 heterocycles. The zero-order valence-electron chi connectivity index (χ0n) is 10.7. The molecule has 0 spiro atoms. The number of thiazole rings is 1. The van der Waals surface area contributed by atoms with E-state index in [2.05, 4.69) is 10.3 Å². The van der Waals surface area contributed by atoms with Crippen molar-refractivity contribution in [3.63, 3.8) is 0 Å². The fourth-order valence-corrected chi connectivity index (χ4v) is 3.09. The first-order valence-electron chi connectivity index (χ1n) is 6.59. The minimum Gasteiger partial charge on any atom is -0.476 e. The van der Waals surface area contributed by atoms with Crippen LogP contribution in [0.4, 0.5) is 0 Å². The molecule has 0 bridgehead atoms. The normalized spacial score (nSPS) is 15.6. The molecule has 104 valence electrons. The molecule has 1 saturated carbocycles. The van der Waals surface area contributed by atoms with E-state index in [-0.39, 0.29) is 11.6 Å². The third kappa shape index (κ3) is 4.31. The highest BCUT2D eigenvalue weighted by Gasteiger charge is 2.16. The number of nitrogens with one attached hydrogen (secondary N) is 1. The predicted octanol–water partition coefficient (Wildman–Crippen LogP) is 2.43. The molecular formula is C13H18N2O3S. The Morgan fingerprint density at radius 3 is 2.79 bits per heavy atom. The van der Waals surface area contributed by atoms with E-state index >= 15 is 0 Å². The third-order valence-corrected chi connectivity index (χ3v) is 4.31. The Labute approximate surface area is 116 Å². The summed E-state index contributed by atoms with van der Waals surface area (Å²) in [4.78, 5) is 26.2. The van der Waals surface area contributed by atoms with E-state index < -0.39 is 5.97 Å². The average Bonchev–Trinajstić information content (AvgIpc) is 3.05. The lowest BCUT2D eigenvalue weighted by Gasteiger charge is -2.08. The fraction of sp³-hybridized carbons (Fsp3) is 0.615. The molecule has 0 radical (unpaired) electrons. The SMILES string of the molecule is O=C(CCC1CCCC1)NCc1nc(C(=O)O)cs1. The van der Waals surface area contributed by atoms with Gasteiger partial charge in [0.2, 0.25) is 5.91 Å². The zero-order chi connectivity index (χ0) is 13.7. The first kappa shape index (κ1) is 14.0. The molecule has 0 unspecified atom stereocenters. The largest absolute Gasteiger partial charge is 0.476 e. The maximum Gasteiger partial charge on any atom is 0.355 e. The molecule has 1 aromatic heterocycles.